The number of hydrogen-bond acceptors (Lipinski definition) is 4. The van der Waals surface area contributed by atoms with E-state index in [1.165, 1.54) is 0 Å². The van der Waals surface area contributed by atoms with Gasteiger partial charge < -0.3 is 10.1 Å². The molecule has 0 saturated carbocycles. The summed E-state index contributed by atoms with van der Waals surface area (Å²) < 4.78 is 6.92. The number of amides is 1. The predicted octanol–water partition coefficient (Wildman–Crippen LogP) is 5.47. The molecule has 0 spiro atoms. The minimum atomic E-state index is -0.410. The Morgan fingerprint density at radius 1 is 1.03 bits per heavy atom. The highest BCUT2D eigenvalue weighted by Crippen LogP contribution is 2.26. The van der Waals surface area contributed by atoms with Crippen molar-refractivity contribution in [3.05, 3.63) is 88.7 Å². The molecule has 7 heteroatoms. The van der Waals surface area contributed by atoms with Gasteiger partial charge in [0.15, 0.2) is 5.82 Å². The quantitative estimate of drug-likeness (QED) is 0.454. The average molecular weight is 433 g/mol. The Morgan fingerprint density at radius 3 is 2.52 bits per heavy atom. The van der Waals surface area contributed by atoms with Crippen molar-refractivity contribution in [1.82, 2.24) is 14.8 Å². The topological polar surface area (TPSA) is 69.0 Å². The summed E-state index contributed by atoms with van der Waals surface area (Å²) in [5, 5.41) is 8.01. The van der Waals surface area contributed by atoms with Crippen molar-refractivity contribution in [2.24, 2.45) is 0 Å². The highest BCUT2D eigenvalue weighted by molar-refractivity contribution is 6.30. The van der Waals surface area contributed by atoms with Crippen LogP contribution in [0.2, 0.25) is 5.02 Å². The zero-order valence-electron chi connectivity index (χ0n) is 17.4. The number of hydrogen-bond donors (Lipinski definition) is 1. The van der Waals surface area contributed by atoms with Gasteiger partial charge in [0.2, 0.25) is 5.82 Å². The van der Waals surface area contributed by atoms with Crippen LogP contribution < -0.4 is 10.1 Å². The van der Waals surface area contributed by atoms with Crippen LogP contribution in [0.3, 0.4) is 0 Å². The number of benzene rings is 3. The van der Waals surface area contributed by atoms with Crippen LogP contribution in [0.5, 0.6) is 5.75 Å². The minimum absolute atomic E-state index is 0.0636. The molecule has 0 bridgehead atoms. The van der Waals surface area contributed by atoms with Crippen LogP contribution in [0, 0.1) is 13.8 Å². The molecular formula is C24H21ClN4O2. The maximum atomic E-state index is 12.9. The molecule has 1 N–H and O–H groups in total. The molecule has 0 aliphatic heterocycles. The Bertz CT molecular complexity index is 1250. The van der Waals surface area contributed by atoms with Gasteiger partial charge in [-0.05, 0) is 67.4 Å². The molecule has 3 aromatic carbocycles. The normalized spacial score (nSPS) is 10.7. The number of ether oxygens (including phenoxy) is 1. The molecule has 156 valence electrons. The number of carbonyl (C=O) groups excluding carboxylic acids is 1. The zero-order valence-corrected chi connectivity index (χ0v) is 18.1. The molecule has 1 heterocycles. The maximum Gasteiger partial charge on any atom is 0.295 e. The number of anilines is 1. The lowest BCUT2D eigenvalue weighted by Crippen LogP contribution is -2.14. The van der Waals surface area contributed by atoms with Gasteiger partial charge in [-0.15, -0.1) is 5.10 Å². The smallest absolute Gasteiger partial charge is 0.295 e. The number of nitrogens with zero attached hydrogens (tertiary/aromatic N) is 3. The van der Waals surface area contributed by atoms with Crippen LogP contribution >= 0.6 is 11.6 Å². The Kier molecular flexibility index (Phi) is 5.73. The van der Waals surface area contributed by atoms with Crippen molar-refractivity contribution in [3.63, 3.8) is 0 Å². The molecule has 0 aliphatic rings. The van der Waals surface area contributed by atoms with Crippen molar-refractivity contribution in [3.8, 4) is 22.8 Å². The van der Waals surface area contributed by atoms with Crippen LogP contribution in [0.1, 0.15) is 21.7 Å². The molecular weight excluding hydrogens is 412 g/mol. The summed E-state index contributed by atoms with van der Waals surface area (Å²) in [7, 11) is 1.58. The number of methoxy groups -OCH3 is 1. The van der Waals surface area contributed by atoms with E-state index in [1.54, 1.807) is 42.1 Å². The third-order valence-electron chi connectivity index (χ3n) is 5.04. The van der Waals surface area contributed by atoms with Crippen LogP contribution in [0.15, 0.2) is 66.7 Å². The summed E-state index contributed by atoms with van der Waals surface area (Å²) in [4.78, 5) is 17.5. The molecule has 4 rings (SSSR count). The first-order chi connectivity index (χ1) is 15.0. The number of rotatable bonds is 5. The monoisotopic (exact) mass is 432 g/mol. The van der Waals surface area contributed by atoms with Gasteiger partial charge in [-0.1, -0.05) is 29.8 Å². The Hall–Kier alpha value is -3.64. The highest BCUT2D eigenvalue weighted by Gasteiger charge is 2.20. The molecule has 1 aromatic heterocycles. The van der Waals surface area contributed by atoms with Crippen molar-refractivity contribution in [1.29, 1.82) is 0 Å². The Labute approximate surface area is 185 Å². The molecule has 0 radical (unpaired) electrons. The number of carbonyl (C=O) groups is 1. The third kappa shape index (κ3) is 4.29. The van der Waals surface area contributed by atoms with Gasteiger partial charge in [0.25, 0.3) is 5.91 Å². The molecule has 0 atom stereocenters. The summed E-state index contributed by atoms with van der Waals surface area (Å²) in [5.41, 5.74) is 4.44. The van der Waals surface area contributed by atoms with E-state index in [2.05, 4.69) is 15.4 Å². The average Bonchev–Trinajstić information content (AvgIpc) is 3.21. The van der Waals surface area contributed by atoms with Crippen LogP contribution in [0.25, 0.3) is 17.1 Å². The number of nitrogens with one attached hydrogen (secondary N) is 1. The summed E-state index contributed by atoms with van der Waals surface area (Å²) in [6, 6.07) is 20.4. The lowest BCUT2D eigenvalue weighted by molar-refractivity contribution is 0.101. The van der Waals surface area contributed by atoms with Gasteiger partial charge in [-0.3, -0.25) is 4.79 Å². The van der Waals surface area contributed by atoms with E-state index in [9.17, 15) is 4.79 Å². The molecule has 31 heavy (non-hydrogen) atoms. The summed E-state index contributed by atoms with van der Waals surface area (Å²) >= 11 is 6.06. The van der Waals surface area contributed by atoms with E-state index < -0.39 is 5.91 Å². The van der Waals surface area contributed by atoms with Crippen LogP contribution in [0.4, 0.5) is 5.69 Å². The molecule has 4 aromatic rings. The fourth-order valence-corrected chi connectivity index (χ4v) is 3.34. The second-order valence-corrected chi connectivity index (χ2v) is 7.52. The van der Waals surface area contributed by atoms with E-state index in [4.69, 9.17) is 16.3 Å². The van der Waals surface area contributed by atoms with E-state index >= 15 is 0 Å². The van der Waals surface area contributed by atoms with Gasteiger partial charge in [0, 0.05) is 22.3 Å². The first-order valence-corrected chi connectivity index (χ1v) is 10.1. The van der Waals surface area contributed by atoms with Gasteiger partial charge in [0.05, 0.1) is 12.8 Å². The van der Waals surface area contributed by atoms with Gasteiger partial charge >= 0.3 is 0 Å². The Balaban J connectivity index is 1.78. The van der Waals surface area contributed by atoms with E-state index in [0.29, 0.717) is 22.3 Å². The van der Waals surface area contributed by atoms with Gasteiger partial charge in [0.1, 0.15) is 5.75 Å². The lowest BCUT2D eigenvalue weighted by Gasteiger charge is -2.11. The van der Waals surface area contributed by atoms with Gasteiger partial charge in [-0.25, -0.2) is 9.67 Å². The van der Waals surface area contributed by atoms with E-state index in [-0.39, 0.29) is 5.82 Å². The largest absolute Gasteiger partial charge is 0.497 e. The predicted molar refractivity (Wildman–Crippen MR) is 122 cm³/mol. The SMILES string of the molecule is COc1cccc(NC(=O)c2nc(-c3ccc(Cl)cc3)n(-c3cccc(C)c3C)n2)c1. The molecule has 6 nitrogen and oxygen atoms in total. The maximum absolute atomic E-state index is 12.9. The molecule has 1 amide bonds. The summed E-state index contributed by atoms with van der Waals surface area (Å²) in [6.07, 6.45) is 0. The zero-order chi connectivity index (χ0) is 22.0. The highest BCUT2D eigenvalue weighted by atomic mass is 35.5. The summed E-state index contributed by atoms with van der Waals surface area (Å²) in [5.74, 6) is 0.857. The standard InChI is InChI=1S/C24H21ClN4O2/c1-15-6-4-9-21(16(15)2)29-23(17-10-12-18(25)13-11-17)27-22(28-29)24(30)26-19-7-5-8-20(14-19)31-3/h4-14H,1-3H3,(H,26,30). The first-order valence-electron chi connectivity index (χ1n) is 9.71. The minimum Gasteiger partial charge on any atom is -0.497 e. The lowest BCUT2D eigenvalue weighted by atomic mass is 10.1. The second-order valence-electron chi connectivity index (χ2n) is 7.08. The molecule has 0 aliphatic carbocycles. The molecule has 0 unspecified atom stereocenters. The fourth-order valence-electron chi connectivity index (χ4n) is 3.21. The second kappa shape index (κ2) is 8.62. The number of aryl methyl sites for hydroxylation is 1. The summed E-state index contributed by atoms with van der Waals surface area (Å²) in [6.45, 7) is 4.06. The van der Waals surface area contributed by atoms with Crippen LogP contribution in [-0.2, 0) is 0 Å². The van der Waals surface area contributed by atoms with E-state index in [1.807, 2.05) is 50.2 Å². The van der Waals surface area contributed by atoms with Crippen molar-refractivity contribution in [2.45, 2.75) is 13.8 Å². The van der Waals surface area contributed by atoms with Crippen molar-refractivity contribution in [2.75, 3.05) is 12.4 Å². The number of halogens is 1. The van der Waals surface area contributed by atoms with Crippen LogP contribution in [-0.4, -0.2) is 27.8 Å². The van der Waals surface area contributed by atoms with Gasteiger partial charge in [-0.2, -0.15) is 0 Å². The first kappa shape index (κ1) is 20.6. The Morgan fingerprint density at radius 2 is 1.77 bits per heavy atom. The number of aromatic nitrogens is 3. The van der Waals surface area contributed by atoms with Crippen molar-refractivity contribution < 1.29 is 9.53 Å². The molecule has 0 saturated heterocycles. The third-order valence-corrected chi connectivity index (χ3v) is 5.30. The van der Waals surface area contributed by atoms with Crippen molar-refractivity contribution >= 4 is 23.2 Å². The van der Waals surface area contributed by atoms with E-state index in [0.717, 1.165) is 22.4 Å². The fraction of sp³-hybridized carbons (Fsp3) is 0.125. The molecule has 0 fully saturated rings.